The largest absolute Gasteiger partial charge is 0.496 e. The first-order valence-corrected chi connectivity index (χ1v) is 6.72. The van der Waals surface area contributed by atoms with Crippen molar-refractivity contribution in [2.45, 2.75) is 18.9 Å². The highest BCUT2D eigenvalue weighted by atomic mass is 79.9. The molecule has 2 rings (SSSR count). The number of halogens is 1. The van der Waals surface area contributed by atoms with Gasteiger partial charge in [-0.3, -0.25) is 4.79 Å². The van der Waals surface area contributed by atoms with Crippen molar-refractivity contribution in [3.8, 4) is 5.75 Å². The summed E-state index contributed by atoms with van der Waals surface area (Å²) >= 11 is 3.36. The van der Waals surface area contributed by atoms with E-state index in [0.717, 1.165) is 17.3 Å². The van der Waals surface area contributed by atoms with Crippen LogP contribution in [0.4, 0.5) is 0 Å². The summed E-state index contributed by atoms with van der Waals surface area (Å²) in [5, 5.41) is 9.06. The summed E-state index contributed by atoms with van der Waals surface area (Å²) in [7, 11) is 1.55. The Bertz CT molecular complexity index is 446. The molecule has 5 heteroatoms. The van der Waals surface area contributed by atoms with Crippen LogP contribution in [0.2, 0.25) is 0 Å². The van der Waals surface area contributed by atoms with Gasteiger partial charge in [-0.05, 0) is 31.0 Å². The Labute approximate surface area is 115 Å². The van der Waals surface area contributed by atoms with Gasteiger partial charge in [-0.1, -0.05) is 15.9 Å². The number of nitrogens with zero attached hydrogens (tertiary/aromatic N) is 1. The summed E-state index contributed by atoms with van der Waals surface area (Å²) in [6.45, 7) is 0.359. The minimum absolute atomic E-state index is 0.0153. The number of amides is 1. The van der Waals surface area contributed by atoms with Gasteiger partial charge >= 0.3 is 0 Å². The molecule has 1 fully saturated rings. The molecule has 1 amide bonds. The summed E-state index contributed by atoms with van der Waals surface area (Å²) < 4.78 is 6.06. The van der Waals surface area contributed by atoms with Gasteiger partial charge in [0.05, 0.1) is 19.3 Å². The van der Waals surface area contributed by atoms with Gasteiger partial charge in [0.1, 0.15) is 5.75 Å². The van der Waals surface area contributed by atoms with Gasteiger partial charge in [-0.25, -0.2) is 0 Å². The van der Waals surface area contributed by atoms with Crippen molar-refractivity contribution < 1.29 is 14.6 Å². The van der Waals surface area contributed by atoms with Crippen molar-refractivity contribution in [3.05, 3.63) is 28.2 Å². The number of carbonyl (C=O) groups is 1. The van der Waals surface area contributed by atoms with Gasteiger partial charge < -0.3 is 14.7 Å². The highest BCUT2D eigenvalue weighted by Gasteiger charge is 2.33. The number of benzene rings is 1. The predicted molar refractivity (Wildman–Crippen MR) is 71.8 cm³/mol. The maximum Gasteiger partial charge on any atom is 0.257 e. The first-order chi connectivity index (χ1) is 8.67. The van der Waals surface area contributed by atoms with Gasteiger partial charge in [0, 0.05) is 17.1 Å². The van der Waals surface area contributed by atoms with E-state index in [1.165, 1.54) is 0 Å². The van der Waals surface area contributed by atoms with E-state index in [9.17, 15) is 4.79 Å². The van der Waals surface area contributed by atoms with Gasteiger partial charge in [0.25, 0.3) is 5.91 Å². The number of aliphatic hydroxyl groups is 1. The Hall–Kier alpha value is -1.07. The van der Waals surface area contributed by atoms with Crippen LogP contribution in [0.1, 0.15) is 23.2 Å². The molecule has 1 aliphatic rings. The molecule has 1 aromatic carbocycles. The molecule has 18 heavy (non-hydrogen) atoms. The van der Waals surface area contributed by atoms with Crippen LogP contribution >= 0.6 is 15.9 Å². The molecule has 0 aromatic heterocycles. The number of ether oxygens (including phenoxy) is 1. The van der Waals surface area contributed by atoms with Crippen molar-refractivity contribution in [1.29, 1.82) is 0 Å². The molecule has 0 radical (unpaired) electrons. The van der Waals surface area contributed by atoms with Crippen molar-refractivity contribution in [2.24, 2.45) is 0 Å². The smallest absolute Gasteiger partial charge is 0.257 e. The number of methoxy groups -OCH3 is 1. The molecule has 1 aliphatic carbocycles. The fourth-order valence-corrected chi connectivity index (χ4v) is 2.31. The van der Waals surface area contributed by atoms with Crippen LogP contribution < -0.4 is 4.74 Å². The SMILES string of the molecule is COc1ccc(Br)cc1C(=O)N(CCO)C1CC1. The lowest BCUT2D eigenvalue weighted by molar-refractivity contribution is 0.0704. The molecule has 1 N–H and O–H groups in total. The van der Waals surface area contributed by atoms with Gasteiger partial charge in [0.15, 0.2) is 0 Å². The zero-order chi connectivity index (χ0) is 13.1. The second-order valence-electron chi connectivity index (χ2n) is 4.30. The van der Waals surface area contributed by atoms with Gasteiger partial charge in [-0.15, -0.1) is 0 Å². The third-order valence-electron chi connectivity index (χ3n) is 2.98. The molecular weight excluding hydrogens is 298 g/mol. The molecule has 0 aliphatic heterocycles. The fraction of sp³-hybridized carbons (Fsp3) is 0.462. The molecule has 0 unspecified atom stereocenters. The van der Waals surface area contributed by atoms with E-state index in [2.05, 4.69) is 15.9 Å². The predicted octanol–water partition coefficient (Wildman–Crippen LogP) is 2.05. The molecule has 0 spiro atoms. The van der Waals surface area contributed by atoms with E-state index < -0.39 is 0 Å². The number of hydrogen-bond donors (Lipinski definition) is 1. The number of aliphatic hydroxyl groups excluding tert-OH is 1. The summed E-state index contributed by atoms with van der Waals surface area (Å²) in [6.07, 6.45) is 2.03. The number of hydrogen-bond acceptors (Lipinski definition) is 3. The minimum Gasteiger partial charge on any atom is -0.496 e. The average molecular weight is 314 g/mol. The molecule has 0 atom stereocenters. The standard InChI is InChI=1S/C13H16BrNO3/c1-18-12-5-2-9(14)8-11(12)13(17)15(6-7-16)10-3-4-10/h2,5,8,10,16H,3-4,6-7H2,1H3. The number of carbonyl (C=O) groups excluding carboxylic acids is 1. The third kappa shape index (κ3) is 2.84. The molecule has 4 nitrogen and oxygen atoms in total. The van der Waals surface area contributed by atoms with Crippen LogP contribution in [0.15, 0.2) is 22.7 Å². The van der Waals surface area contributed by atoms with Crippen molar-refractivity contribution in [1.82, 2.24) is 4.90 Å². The quantitative estimate of drug-likeness (QED) is 0.905. The van der Waals surface area contributed by atoms with E-state index >= 15 is 0 Å². The second-order valence-corrected chi connectivity index (χ2v) is 5.21. The monoisotopic (exact) mass is 313 g/mol. The highest BCUT2D eigenvalue weighted by Crippen LogP contribution is 2.31. The van der Waals surface area contributed by atoms with Crippen LogP contribution in [-0.4, -0.2) is 42.2 Å². The lowest BCUT2D eigenvalue weighted by atomic mass is 10.1. The Morgan fingerprint density at radius 3 is 2.83 bits per heavy atom. The van der Waals surface area contributed by atoms with Crippen molar-refractivity contribution >= 4 is 21.8 Å². The van der Waals surface area contributed by atoms with Gasteiger partial charge in [0.2, 0.25) is 0 Å². The fourth-order valence-electron chi connectivity index (χ4n) is 1.95. The molecule has 0 bridgehead atoms. The first kappa shape index (κ1) is 13.4. The van der Waals surface area contributed by atoms with Crippen molar-refractivity contribution in [3.63, 3.8) is 0 Å². The average Bonchev–Trinajstić information content (AvgIpc) is 3.19. The van der Waals surface area contributed by atoms with Crippen LogP contribution in [0.3, 0.4) is 0 Å². The minimum atomic E-state index is -0.0790. The highest BCUT2D eigenvalue weighted by molar-refractivity contribution is 9.10. The molecule has 1 saturated carbocycles. The summed E-state index contributed by atoms with van der Waals surface area (Å²) in [5.41, 5.74) is 0.534. The topological polar surface area (TPSA) is 49.8 Å². The maximum absolute atomic E-state index is 12.5. The Kier molecular flexibility index (Phi) is 4.24. The normalized spacial score (nSPS) is 14.4. The lowest BCUT2D eigenvalue weighted by Crippen LogP contribution is -2.35. The molecule has 0 heterocycles. The van der Waals surface area contributed by atoms with E-state index in [-0.39, 0.29) is 18.6 Å². The Morgan fingerprint density at radius 1 is 1.56 bits per heavy atom. The second kappa shape index (κ2) is 5.71. The van der Waals surface area contributed by atoms with Crippen LogP contribution in [0, 0.1) is 0 Å². The molecule has 1 aromatic rings. The summed E-state index contributed by atoms with van der Waals surface area (Å²) in [4.78, 5) is 14.2. The Morgan fingerprint density at radius 2 is 2.28 bits per heavy atom. The molecule has 98 valence electrons. The van der Waals surface area contributed by atoms with E-state index in [0.29, 0.717) is 17.9 Å². The van der Waals surface area contributed by atoms with Crippen LogP contribution in [0.25, 0.3) is 0 Å². The lowest BCUT2D eigenvalue weighted by Gasteiger charge is -2.22. The molecular formula is C13H16BrNO3. The van der Waals surface area contributed by atoms with Crippen LogP contribution in [-0.2, 0) is 0 Å². The zero-order valence-corrected chi connectivity index (χ0v) is 11.8. The van der Waals surface area contributed by atoms with Crippen LogP contribution in [0.5, 0.6) is 5.75 Å². The first-order valence-electron chi connectivity index (χ1n) is 5.92. The maximum atomic E-state index is 12.5. The summed E-state index contributed by atoms with van der Waals surface area (Å²) in [5.74, 6) is 0.483. The Balaban J connectivity index is 2.28. The van der Waals surface area contributed by atoms with E-state index in [1.807, 2.05) is 6.07 Å². The van der Waals surface area contributed by atoms with E-state index in [1.54, 1.807) is 24.1 Å². The summed E-state index contributed by atoms with van der Waals surface area (Å²) in [6, 6.07) is 5.63. The van der Waals surface area contributed by atoms with Crippen molar-refractivity contribution in [2.75, 3.05) is 20.3 Å². The van der Waals surface area contributed by atoms with Gasteiger partial charge in [-0.2, -0.15) is 0 Å². The van der Waals surface area contributed by atoms with E-state index in [4.69, 9.17) is 9.84 Å². The zero-order valence-electron chi connectivity index (χ0n) is 10.2. The number of rotatable bonds is 5. The third-order valence-corrected chi connectivity index (χ3v) is 3.47. The molecule has 0 saturated heterocycles.